The molecule has 0 aliphatic heterocycles. The van der Waals surface area contributed by atoms with E-state index in [1.54, 1.807) is 12.1 Å². The third kappa shape index (κ3) is 5.27. The molecule has 1 amide bonds. The first-order valence-corrected chi connectivity index (χ1v) is 6.44. The summed E-state index contributed by atoms with van der Waals surface area (Å²) in [5.74, 6) is -1.10. The minimum Gasteiger partial charge on any atom is -0.496 e. The fraction of sp³-hybridized carbons (Fsp3) is 0.333. The van der Waals surface area contributed by atoms with Crippen molar-refractivity contribution in [1.82, 2.24) is 5.32 Å². The van der Waals surface area contributed by atoms with Crippen LogP contribution >= 0.6 is 0 Å². The predicted molar refractivity (Wildman–Crippen MR) is 78.0 cm³/mol. The van der Waals surface area contributed by atoms with E-state index >= 15 is 0 Å². The molecule has 0 unspecified atom stereocenters. The van der Waals surface area contributed by atoms with E-state index in [2.05, 4.69) is 5.32 Å². The third-order valence-corrected chi connectivity index (χ3v) is 2.83. The third-order valence-electron chi connectivity index (χ3n) is 2.83. The average Bonchev–Trinajstić information content (AvgIpc) is 2.44. The molecule has 0 aliphatic carbocycles. The monoisotopic (exact) mass is 293 g/mol. The largest absolute Gasteiger partial charge is 0.496 e. The Bertz CT molecular complexity index is 539. The molecule has 1 atom stereocenters. The summed E-state index contributed by atoms with van der Waals surface area (Å²) in [5.41, 5.74) is 1.74. The Balaban J connectivity index is 2.78. The second kappa shape index (κ2) is 8.06. The van der Waals surface area contributed by atoms with Crippen LogP contribution in [0.25, 0.3) is 6.08 Å². The van der Waals surface area contributed by atoms with Gasteiger partial charge in [-0.2, -0.15) is 0 Å². The number of carboxylic acid groups (broad SMARTS) is 1. The van der Waals surface area contributed by atoms with Gasteiger partial charge >= 0.3 is 5.97 Å². The fourth-order valence-electron chi connectivity index (χ4n) is 1.76. The maximum atomic E-state index is 11.7. The highest BCUT2D eigenvalue weighted by atomic mass is 16.5. The van der Waals surface area contributed by atoms with Crippen molar-refractivity contribution in [3.63, 3.8) is 0 Å². The second-order valence-electron chi connectivity index (χ2n) is 4.49. The Labute approximate surface area is 123 Å². The minimum absolute atomic E-state index is 0.0390. The van der Waals surface area contributed by atoms with Crippen molar-refractivity contribution in [1.29, 1.82) is 0 Å². The molecular formula is C15H19NO5. The summed E-state index contributed by atoms with van der Waals surface area (Å²) in [5, 5.41) is 20.0. The Morgan fingerprint density at radius 2 is 2.14 bits per heavy atom. The van der Waals surface area contributed by atoms with E-state index in [4.69, 9.17) is 14.9 Å². The highest BCUT2D eigenvalue weighted by molar-refractivity contribution is 5.94. The van der Waals surface area contributed by atoms with E-state index in [1.165, 1.54) is 13.2 Å². The molecule has 0 radical (unpaired) electrons. The Morgan fingerprint density at radius 3 is 2.71 bits per heavy atom. The Kier molecular flexibility index (Phi) is 6.42. The second-order valence-corrected chi connectivity index (χ2v) is 4.49. The van der Waals surface area contributed by atoms with Crippen molar-refractivity contribution >= 4 is 18.0 Å². The molecule has 1 aromatic rings. The molecule has 0 bridgehead atoms. The summed E-state index contributed by atoms with van der Waals surface area (Å²) < 4.78 is 5.18. The average molecular weight is 293 g/mol. The first kappa shape index (κ1) is 16.7. The molecule has 114 valence electrons. The molecule has 0 aliphatic rings. The molecule has 6 nitrogen and oxygen atoms in total. The van der Waals surface area contributed by atoms with Gasteiger partial charge in [-0.3, -0.25) is 4.79 Å². The summed E-state index contributed by atoms with van der Waals surface area (Å²) >= 11 is 0. The highest BCUT2D eigenvalue weighted by Crippen LogP contribution is 2.20. The van der Waals surface area contributed by atoms with Crippen molar-refractivity contribution in [3.05, 3.63) is 35.4 Å². The van der Waals surface area contributed by atoms with Crippen LogP contribution in [-0.4, -0.2) is 41.8 Å². The van der Waals surface area contributed by atoms with Crippen LogP contribution in [0.15, 0.2) is 24.3 Å². The molecular weight excluding hydrogens is 274 g/mol. The molecule has 21 heavy (non-hydrogen) atoms. The van der Waals surface area contributed by atoms with E-state index < -0.39 is 17.9 Å². The molecule has 0 fully saturated rings. The lowest BCUT2D eigenvalue weighted by atomic mass is 10.1. The molecule has 1 rings (SSSR count). The number of carbonyl (C=O) groups excluding carboxylic acids is 1. The van der Waals surface area contributed by atoms with Gasteiger partial charge in [-0.25, -0.2) is 4.79 Å². The molecule has 3 N–H and O–H groups in total. The summed E-state index contributed by atoms with van der Waals surface area (Å²) in [4.78, 5) is 22.6. The van der Waals surface area contributed by atoms with Gasteiger partial charge in [0.1, 0.15) is 11.8 Å². The van der Waals surface area contributed by atoms with Crippen LogP contribution in [0.3, 0.4) is 0 Å². The first-order valence-electron chi connectivity index (χ1n) is 6.44. The number of ether oxygens (including phenoxy) is 1. The number of amides is 1. The van der Waals surface area contributed by atoms with Gasteiger partial charge in [-0.05, 0) is 25.1 Å². The number of rotatable bonds is 7. The number of aryl methyl sites for hydroxylation is 1. The van der Waals surface area contributed by atoms with Crippen LogP contribution in [0.1, 0.15) is 17.5 Å². The zero-order valence-corrected chi connectivity index (χ0v) is 12.0. The summed E-state index contributed by atoms with van der Waals surface area (Å²) in [6, 6.07) is 4.42. The standard InChI is InChI=1S/C15H19NO5/c1-10-3-5-13(21-2)11(9-10)4-6-14(18)16-12(7-8-17)15(19)20/h3-6,9,12,17H,7-8H2,1-2H3,(H,16,18)(H,19,20)/b6-4+/t12-/m1/s1. The van der Waals surface area contributed by atoms with Crippen molar-refractivity contribution in [3.8, 4) is 5.75 Å². The number of carbonyl (C=O) groups is 2. The summed E-state index contributed by atoms with van der Waals surface area (Å²) in [7, 11) is 1.53. The molecule has 0 aromatic heterocycles. The maximum Gasteiger partial charge on any atom is 0.326 e. The number of methoxy groups -OCH3 is 1. The van der Waals surface area contributed by atoms with Gasteiger partial charge in [0.15, 0.2) is 0 Å². The van der Waals surface area contributed by atoms with Crippen LogP contribution in [0.2, 0.25) is 0 Å². The van der Waals surface area contributed by atoms with Crippen molar-refractivity contribution < 1.29 is 24.5 Å². The van der Waals surface area contributed by atoms with E-state index in [-0.39, 0.29) is 13.0 Å². The molecule has 1 aromatic carbocycles. The highest BCUT2D eigenvalue weighted by Gasteiger charge is 2.17. The van der Waals surface area contributed by atoms with E-state index in [0.717, 1.165) is 11.1 Å². The number of aliphatic hydroxyl groups is 1. The first-order chi connectivity index (χ1) is 9.97. The van der Waals surface area contributed by atoms with Gasteiger partial charge in [-0.1, -0.05) is 11.6 Å². The van der Waals surface area contributed by atoms with Gasteiger partial charge in [0, 0.05) is 24.7 Å². The van der Waals surface area contributed by atoms with Crippen molar-refractivity contribution in [2.45, 2.75) is 19.4 Å². The van der Waals surface area contributed by atoms with Crippen LogP contribution in [0.4, 0.5) is 0 Å². The number of hydrogen-bond donors (Lipinski definition) is 3. The van der Waals surface area contributed by atoms with Crippen molar-refractivity contribution in [2.24, 2.45) is 0 Å². The summed E-state index contributed by atoms with van der Waals surface area (Å²) in [6.45, 7) is 1.60. The number of aliphatic hydroxyl groups excluding tert-OH is 1. The molecule has 0 saturated carbocycles. The van der Waals surface area contributed by atoms with Crippen LogP contribution in [0.5, 0.6) is 5.75 Å². The number of carboxylic acids is 1. The quantitative estimate of drug-likeness (QED) is 0.651. The Morgan fingerprint density at radius 1 is 1.43 bits per heavy atom. The number of nitrogens with one attached hydrogen (secondary N) is 1. The number of benzene rings is 1. The summed E-state index contributed by atoms with van der Waals surface area (Å²) in [6.07, 6.45) is 2.76. The minimum atomic E-state index is -1.18. The van der Waals surface area contributed by atoms with Gasteiger partial charge in [0.2, 0.25) is 5.91 Å². The lowest BCUT2D eigenvalue weighted by molar-refractivity contribution is -0.141. The molecule has 0 heterocycles. The molecule has 0 saturated heterocycles. The lowest BCUT2D eigenvalue weighted by Gasteiger charge is -2.11. The SMILES string of the molecule is COc1ccc(C)cc1/C=C/C(=O)N[C@H](CCO)C(=O)O. The van der Waals surface area contributed by atoms with Crippen molar-refractivity contribution in [2.75, 3.05) is 13.7 Å². The van der Waals surface area contributed by atoms with Gasteiger partial charge in [-0.15, -0.1) is 0 Å². The maximum absolute atomic E-state index is 11.7. The van der Waals surface area contributed by atoms with E-state index in [9.17, 15) is 9.59 Å². The van der Waals surface area contributed by atoms with Gasteiger partial charge in [0.25, 0.3) is 0 Å². The zero-order chi connectivity index (χ0) is 15.8. The number of aliphatic carboxylic acids is 1. The van der Waals surface area contributed by atoms with Crippen LogP contribution in [0, 0.1) is 6.92 Å². The topological polar surface area (TPSA) is 95.9 Å². The van der Waals surface area contributed by atoms with Crippen LogP contribution in [-0.2, 0) is 9.59 Å². The zero-order valence-electron chi connectivity index (χ0n) is 12.0. The lowest BCUT2D eigenvalue weighted by Crippen LogP contribution is -2.40. The molecule has 6 heteroatoms. The normalized spacial score (nSPS) is 12.1. The number of hydrogen-bond acceptors (Lipinski definition) is 4. The van der Waals surface area contributed by atoms with Gasteiger partial charge < -0.3 is 20.3 Å². The predicted octanol–water partition coefficient (Wildman–Crippen LogP) is 0.969. The molecule has 0 spiro atoms. The van der Waals surface area contributed by atoms with E-state index in [1.807, 2.05) is 19.1 Å². The van der Waals surface area contributed by atoms with Gasteiger partial charge in [0.05, 0.1) is 7.11 Å². The fourth-order valence-corrected chi connectivity index (χ4v) is 1.76. The van der Waals surface area contributed by atoms with E-state index in [0.29, 0.717) is 5.75 Å². The Hall–Kier alpha value is -2.34. The van der Waals surface area contributed by atoms with Crippen LogP contribution < -0.4 is 10.1 Å². The smallest absolute Gasteiger partial charge is 0.326 e.